The Balaban J connectivity index is 1.57. The largest absolute Gasteiger partial charge is 0.394 e. The van der Waals surface area contributed by atoms with Crippen LogP contribution in [0.3, 0.4) is 0 Å². The Bertz CT molecular complexity index is 1040. The summed E-state index contributed by atoms with van der Waals surface area (Å²) in [4.78, 5) is 5.15. The summed E-state index contributed by atoms with van der Waals surface area (Å²) in [5.74, 6) is -0.799. The van der Waals surface area contributed by atoms with Crippen molar-refractivity contribution in [3.8, 4) is 10.4 Å². The third-order valence-electron chi connectivity index (χ3n) is 5.31. The number of ether oxygens (including phenoxy) is 1. The van der Waals surface area contributed by atoms with E-state index in [1.165, 1.54) is 41.7 Å². The van der Waals surface area contributed by atoms with Crippen LogP contribution in [0.1, 0.15) is 22.2 Å². The molecule has 1 fully saturated rings. The first-order valence-electron chi connectivity index (χ1n) is 9.67. The van der Waals surface area contributed by atoms with E-state index in [1.807, 2.05) is 0 Å². The first-order chi connectivity index (χ1) is 14.9. The molecule has 1 saturated heterocycles. The molecule has 0 saturated carbocycles. The van der Waals surface area contributed by atoms with Gasteiger partial charge in [0.1, 0.15) is 42.2 Å². The highest BCUT2D eigenvalue weighted by atomic mass is 32.1. The van der Waals surface area contributed by atoms with Gasteiger partial charge in [0.05, 0.1) is 16.5 Å². The molecule has 31 heavy (non-hydrogen) atoms. The molecule has 4 N–H and O–H groups in total. The van der Waals surface area contributed by atoms with Crippen LogP contribution in [-0.4, -0.2) is 56.4 Å². The molecule has 0 aliphatic carbocycles. The number of aromatic nitrogens is 1. The lowest BCUT2D eigenvalue weighted by atomic mass is 9.90. The molecule has 2 aromatic carbocycles. The second kappa shape index (κ2) is 9.07. The van der Waals surface area contributed by atoms with Crippen LogP contribution >= 0.6 is 11.3 Å². The first-order valence-corrected chi connectivity index (χ1v) is 10.5. The van der Waals surface area contributed by atoms with Crippen molar-refractivity contribution in [2.45, 2.75) is 36.9 Å². The number of hydrogen-bond donors (Lipinski definition) is 4. The van der Waals surface area contributed by atoms with Gasteiger partial charge in [-0.2, -0.15) is 0 Å². The van der Waals surface area contributed by atoms with E-state index in [0.29, 0.717) is 16.1 Å². The van der Waals surface area contributed by atoms with Gasteiger partial charge in [0.2, 0.25) is 0 Å². The molecule has 2 heterocycles. The molecule has 0 amide bonds. The van der Waals surface area contributed by atoms with Gasteiger partial charge in [-0.3, -0.25) is 0 Å². The average Bonchev–Trinajstić information content (AvgIpc) is 3.23. The highest BCUT2D eigenvalue weighted by Gasteiger charge is 2.44. The molecular formula is C22H21F2NO5S. The van der Waals surface area contributed by atoms with Crippen LogP contribution in [0.4, 0.5) is 8.78 Å². The second-order valence-electron chi connectivity index (χ2n) is 7.40. The number of hydrogen-bond acceptors (Lipinski definition) is 7. The Kier molecular flexibility index (Phi) is 6.42. The fraction of sp³-hybridized carbons (Fsp3) is 0.318. The Morgan fingerprint density at radius 2 is 1.71 bits per heavy atom. The summed E-state index contributed by atoms with van der Waals surface area (Å²) in [7, 11) is 0. The van der Waals surface area contributed by atoms with Crippen molar-refractivity contribution in [2.75, 3.05) is 6.61 Å². The van der Waals surface area contributed by atoms with Gasteiger partial charge in [-0.15, -0.1) is 11.3 Å². The maximum Gasteiger partial charge on any atom is 0.126 e. The summed E-state index contributed by atoms with van der Waals surface area (Å²) >= 11 is 1.36. The minimum Gasteiger partial charge on any atom is -0.394 e. The number of rotatable bonds is 5. The number of thiazole rings is 1. The topological polar surface area (TPSA) is 103 Å². The van der Waals surface area contributed by atoms with E-state index in [2.05, 4.69) is 4.98 Å². The highest BCUT2D eigenvalue weighted by molar-refractivity contribution is 7.15. The second-order valence-corrected chi connectivity index (χ2v) is 8.52. The summed E-state index contributed by atoms with van der Waals surface area (Å²) in [5.41, 5.74) is 1.53. The van der Waals surface area contributed by atoms with Crippen molar-refractivity contribution in [3.63, 3.8) is 0 Å². The number of aliphatic hydroxyl groups is 4. The van der Waals surface area contributed by atoms with E-state index >= 15 is 0 Å². The molecule has 9 heteroatoms. The van der Waals surface area contributed by atoms with Crippen LogP contribution in [0.15, 0.2) is 48.7 Å². The number of benzene rings is 2. The summed E-state index contributed by atoms with van der Waals surface area (Å²) in [6.45, 7) is -0.541. The summed E-state index contributed by atoms with van der Waals surface area (Å²) in [6.07, 6.45) is -4.68. The molecule has 3 aromatic rings. The Labute approximate surface area is 181 Å². The molecule has 6 nitrogen and oxygen atoms in total. The molecule has 1 aliphatic heterocycles. The summed E-state index contributed by atoms with van der Waals surface area (Å²) < 4.78 is 33.2. The third-order valence-corrected chi connectivity index (χ3v) is 6.36. The molecule has 5 atom stereocenters. The van der Waals surface area contributed by atoms with Gasteiger partial charge in [0.15, 0.2) is 0 Å². The van der Waals surface area contributed by atoms with Crippen molar-refractivity contribution >= 4 is 11.3 Å². The summed E-state index contributed by atoms with van der Waals surface area (Å²) in [5, 5.41) is 40.3. The quantitative estimate of drug-likeness (QED) is 0.476. The molecule has 164 valence electrons. The van der Waals surface area contributed by atoms with Crippen molar-refractivity contribution in [1.82, 2.24) is 4.98 Å². The zero-order chi connectivity index (χ0) is 22.1. The van der Waals surface area contributed by atoms with Gasteiger partial charge in [-0.25, -0.2) is 13.8 Å². The van der Waals surface area contributed by atoms with Crippen molar-refractivity contribution in [1.29, 1.82) is 0 Å². The van der Waals surface area contributed by atoms with Crippen LogP contribution in [0, 0.1) is 11.6 Å². The van der Waals surface area contributed by atoms with Crippen molar-refractivity contribution < 1.29 is 33.9 Å². The summed E-state index contributed by atoms with van der Waals surface area (Å²) in [6, 6.07) is 10.2. The van der Waals surface area contributed by atoms with Gasteiger partial charge >= 0.3 is 0 Å². The molecule has 1 aromatic heterocycles. The molecule has 0 unspecified atom stereocenters. The van der Waals surface area contributed by atoms with Crippen LogP contribution in [0.5, 0.6) is 0 Å². The fourth-order valence-electron chi connectivity index (χ4n) is 3.59. The van der Waals surface area contributed by atoms with Gasteiger partial charge in [-0.05, 0) is 41.0 Å². The third kappa shape index (κ3) is 4.52. The molecule has 4 rings (SSSR count). The van der Waals surface area contributed by atoms with Gasteiger partial charge < -0.3 is 25.2 Å². The lowest BCUT2D eigenvalue weighted by Gasteiger charge is -2.40. The molecule has 0 bridgehead atoms. The normalized spacial score (nSPS) is 26.2. The van der Waals surface area contributed by atoms with E-state index in [1.54, 1.807) is 18.3 Å². The lowest BCUT2D eigenvalue weighted by molar-refractivity contribution is -0.231. The minimum atomic E-state index is -1.51. The monoisotopic (exact) mass is 449 g/mol. The molecule has 0 spiro atoms. The van der Waals surface area contributed by atoms with Gasteiger partial charge in [0, 0.05) is 12.6 Å². The van der Waals surface area contributed by atoms with Crippen LogP contribution < -0.4 is 0 Å². The van der Waals surface area contributed by atoms with Crippen molar-refractivity contribution in [3.05, 3.63) is 76.4 Å². The minimum absolute atomic E-state index is 0.183. The number of nitrogens with zero attached hydrogens (tertiary/aromatic N) is 1. The van der Waals surface area contributed by atoms with E-state index < -0.39 is 42.9 Å². The predicted octanol–water partition coefficient (Wildman–Crippen LogP) is 2.19. The maximum absolute atomic E-state index is 14.5. The van der Waals surface area contributed by atoms with Gasteiger partial charge in [0.25, 0.3) is 0 Å². The van der Waals surface area contributed by atoms with Crippen LogP contribution in [0.2, 0.25) is 0 Å². The van der Waals surface area contributed by atoms with E-state index in [-0.39, 0.29) is 12.2 Å². The van der Waals surface area contributed by atoms with Crippen LogP contribution in [-0.2, 0) is 11.2 Å². The average molecular weight is 449 g/mol. The predicted molar refractivity (Wildman–Crippen MR) is 109 cm³/mol. The smallest absolute Gasteiger partial charge is 0.126 e. The van der Waals surface area contributed by atoms with E-state index in [4.69, 9.17) is 4.74 Å². The van der Waals surface area contributed by atoms with E-state index in [0.717, 1.165) is 10.4 Å². The highest BCUT2D eigenvalue weighted by Crippen LogP contribution is 2.34. The molecular weight excluding hydrogens is 428 g/mol. The van der Waals surface area contributed by atoms with Gasteiger partial charge in [-0.1, -0.05) is 18.2 Å². The number of aliphatic hydroxyl groups excluding tert-OH is 4. The Hall–Kier alpha value is -2.27. The SMILES string of the molecule is OC[C@H]1O[C@@H](c2ccc(F)c(Cc3ncc(-c4ccc(F)cc4)s3)c2)[C@H](O)[C@@H](O)[C@@H]1O. The zero-order valence-corrected chi connectivity index (χ0v) is 17.0. The Morgan fingerprint density at radius 3 is 2.42 bits per heavy atom. The van der Waals surface area contributed by atoms with E-state index in [9.17, 15) is 29.2 Å². The molecule has 1 aliphatic rings. The first kappa shape index (κ1) is 21.9. The Morgan fingerprint density at radius 1 is 0.968 bits per heavy atom. The lowest BCUT2D eigenvalue weighted by Crippen LogP contribution is -2.55. The maximum atomic E-state index is 14.5. The fourth-order valence-corrected chi connectivity index (χ4v) is 4.53. The number of halogens is 2. The molecule has 0 radical (unpaired) electrons. The standard InChI is InChI=1S/C22H21F2NO5S/c23-14-4-1-11(2-5-14)17-9-25-18(31-17)8-13-7-12(3-6-15(13)24)22-21(29)20(28)19(27)16(10-26)30-22/h1-7,9,16,19-22,26-29H,8,10H2/t16-,19-,20+,21-,22+/m1/s1. The van der Waals surface area contributed by atoms with Crippen LogP contribution in [0.25, 0.3) is 10.4 Å². The zero-order valence-electron chi connectivity index (χ0n) is 16.2. The van der Waals surface area contributed by atoms with Crippen molar-refractivity contribution in [2.24, 2.45) is 0 Å².